The van der Waals surface area contributed by atoms with Gasteiger partial charge in [-0.1, -0.05) is 0 Å². The van der Waals surface area contributed by atoms with Crippen molar-refractivity contribution < 1.29 is 33.0 Å². The first-order valence-corrected chi connectivity index (χ1v) is 30.1. The molecular weight excluding hydrogens is 865 g/mol. The van der Waals surface area contributed by atoms with Crippen LogP contribution in [0, 0.1) is 0 Å². The molecule has 0 aliphatic carbocycles. The van der Waals surface area contributed by atoms with Gasteiger partial charge in [0.1, 0.15) is 0 Å². The van der Waals surface area contributed by atoms with Crippen LogP contribution in [0.4, 0.5) is 0 Å². The Balaban J connectivity index is 0. The molecule has 0 atom stereocenters. The van der Waals surface area contributed by atoms with Crippen molar-refractivity contribution in [2.45, 2.75) is 68.1 Å². The third-order valence-corrected chi connectivity index (χ3v) is 23.6. The number of hydrogen-bond acceptors (Lipinski definition) is 6. The van der Waals surface area contributed by atoms with Crippen LogP contribution in [-0.2, 0) is 33.0 Å². The van der Waals surface area contributed by atoms with Crippen LogP contribution in [0.5, 0.6) is 0 Å². The third-order valence-electron chi connectivity index (χ3n) is 4.21. The second-order valence-corrected chi connectivity index (χ2v) is 27.4. The molecule has 0 heterocycles. The molecule has 0 amide bonds. The van der Waals surface area contributed by atoms with Gasteiger partial charge in [-0.2, -0.15) is 0 Å². The number of thioether (sulfide) groups is 6. The van der Waals surface area contributed by atoms with Crippen molar-refractivity contribution in [3.8, 4) is 0 Å². The van der Waals surface area contributed by atoms with Gasteiger partial charge in [-0.05, 0) is 0 Å². The predicted molar refractivity (Wildman–Crippen MR) is 167 cm³/mol. The Morgan fingerprint density at radius 2 is 0.469 bits per heavy atom. The average molecular weight is 920 g/mol. The van der Waals surface area contributed by atoms with Crippen molar-refractivity contribution in [1.82, 2.24) is 0 Å². The van der Waals surface area contributed by atoms with Gasteiger partial charge < -0.3 is 0 Å². The molecule has 0 rings (SSSR count). The fourth-order valence-corrected chi connectivity index (χ4v) is 22.0. The molecular formula is C24H54Ir2S6. The third kappa shape index (κ3) is 31.4. The van der Waals surface area contributed by atoms with Crippen molar-refractivity contribution in [2.75, 3.05) is 72.1 Å². The summed E-state index contributed by atoms with van der Waals surface area (Å²) in [6.07, 6.45) is 22.4. The topological polar surface area (TPSA) is 0 Å². The first-order chi connectivity index (χ1) is 15.7. The standard InChI is InChI=1S/6C4H9S.2Ir/c6*1-3-4-5-2;;/h6*1,3-4H2,2H3;;. The molecule has 0 saturated carbocycles. The second kappa shape index (κ2) is 34.4. The molecule has 8 heteroatoms. The van der Waals surface area contributed by atoms with Crippen LogP contribution in [0.25, 0.3) is 0 Å². The molecule has 0 N–H and O–H groups in total. The van der Waals surface area contributed by atoms with Crippen molar-refractivity contribution in [3.63, 3.8) is 0 Å². The Hall–Kier alpha value is 3.40. The summed E-state index contributed by atoms with van der Waals surface area (Å²) in [7, 11) is 0. The maximum atomic E-state index is 2.24. The van der Waals surface area contributed by atoms with E-state index in [1.54, 1.807) is 29.6 Å². The van der Waals surface area contributed by atoms with E-state index in [1.807, 2.05) is 70.6 Å². The molecule has 204 valence electrons. The Morgan fingerprint density at radius 1 is 0.312 bits per heavy atom. The molecule has 32 heavy (non-hydrogen) atoms. The minimum absolute atomic E-state index is 0.643. The average Bonchev–Trinajstić information content (AvgIpc) is 2.80. The molecule has 0 aromatic rings. The van der Waals surface area contributed by atoms with Gasteiger partial charge in [-0.25, -0.2) is 0 Å². The van der Waals surface area contributed by atoms with E-state index < -0.39 is 33.0 Å². The molecule has 0 radical (unpaired) electrons. The Kier molecular flexibility index (Phi) is 40.4. The zero-order chi connectivity index (χ0) is 24.1. The van der Waals surface area contributed by atoms with Crippen LogP contribution < -0.4 is 0 Å². The molecule has 0 aromatic heterocycles. The van der Waals surface area contributed by atoms with Gasteiger partial charge in [0, 0.05) is 0 Å². The number of rotatable bonds is 24. The second-order valence-electron chi connectivity index (χ2n) is 7.08. The van der Waals surface area contributed by atoms with E-state index in [-0.39, 0.29) is 0 Å². The van der Waals surface area contributed by atoms with E-state index >= 15 is 0 Å². The summed E-state index contributed by atoms with van der Waals surface area (Å²) in [6, 6.07) is 0. The van der Waals surface area contributed by atoms with Crippen LogP contribution >= 0.6 is 70.6 Å². The first-order valence-electron chi connectivity index (χ1n) is 11.6. The predicted octanol–water partition coefficient (Wildman–Crippen LogP) is 10.2. The summed E-state index contributed by atoms with van der Waals surface area (Å²) in [4.78, 5) is 9.77. The van der Waals surface area contributed by atoms with Gasteiger partial charge >= 0.3 is 244 Å². The molecule has 0 nitrogen and oxygen atoms in total. The van der Waals surface area contributed by atoms with Gasteiger partial charge in [0.05, 0.1) is 0 Å². The van der Waals surface area contributed by atoms with Gasteiger partial charge in [-0.3, -0.25) is 0 Å². The Morgan fingerprint density at radius 3 is 0.594 bits per heavy atom. The summed E-state index contributed by atoms with van der Waals surface area (Å²) >= 11 is 10.8. The summed E-state index contributed by atoms with van der Waals surface area (Å²) < 4.78 is 0. The van der Waals surface area contributed by atoms with E-state index in [2.05, 4.69) is 37.5 Å². The fraction of sp³-hybridized carbons (Fsp3) is 1.00. The first kappa shape index (κ1) is 37.6. The molecule has 0 bridgehead atoms. The van der Waals surface area contributed by atoms with E-state index in [1.165, 1.54) is 73.0 Å². The van der Waals surface area contributed by atoms with Crippen LogP contribution in [0.3, 0.4) is 0 Å². The van der Waals surface area contributed by atoms with Crippen LogP contribution in [0.15, 0.2) is 0 Å². The minimum atomic E-state index is -0.643. The summed E-state index contributed by atoms with van der Waals surface area (Å²) in [5.41, 5.74) is 0. The zero-order valence-corrected chi connectivity index (χ0v) is 31.5. The number of hydrogen-bond donors (Lipinski definition) is 0. The Bertz CT molecular complexity index is 249. The molecule has 0 fully saturated rings. The quantitative estimate of drug-likeness (QED) is 0.0879. The summed E-state index contributed by atoms with van der Waals surface area (Å²) in [6.45, 7) is 0. The van der Waals surface area contributed by atoms with Crippen molar-refractivity contribution in [3.05, 3.63) is 0 Å². The summed E-state index contributed by atoms with van der Waals surface area (Å²) in [5.74, 6) is 8.34. The molecule has 0 saturated heterocycles. The molecule has 0 aliphatic heterocycles. The monoisotopic (exact) mass is 920 g/mol. The van der Waals surface area contributed by atoms with E-state index in [0.29, 0.717) is 0 Å². The zero-order valence-electron chi connectivity index (χ0n) is 21.8. The molecule has 0 aromatic carbocycles. The van der Waals surface area contributed by atoms with Crippen LogP contribution in [0.1, 0.15) is 38.5 Å². The normalized spacial score (nSPS) is 11.8. The van der Waals surface area contributed by atoms with Gasteiger partial charge in [-0.15, -0.1) is 0 Å². The van der Waals surface area contributed by atoms with Crippen LogP contribution in [-0.4, -0.2) is 72.1 Å². The van der Waals surface area contributed by atoms with Crippen molar-refractivity contribution in [1.29, 1.82) is 0 Å². The fourth-order valence-electron chi connectivity index (χ4n) is 2.65. The van der Waals surface area contributed by atoms with Crippen molar-refractivity contribution >= 4 is 70.6 Å². The summed E-state index contributed by atoms with van der Waals surface area (Å²) in [5, 5.41) is 0. The van der Waals surface area contributed by atoms with E-state index in [9.17, 15) is 0 Å². The van der Waals surface area contributed by atoms with Gasteiger partial charge in [0.2, 0.25) is 0 Å². The van der Waals surface area contributed by atoms with Gasteiger partial charge in [0.15, 0.2) is 0 Å². The van der Waals surface area contributed by atoms with E-state index in [4.69, 9.17) is 0 Å². The van der Waals surface area contributed by atoms with Crippen LogP contribution in [0.2, 0.25) is 29.6 Å². The van der Waals surface area contributed by atoms with E-state index in [0.717, 1.165) is 0 Å². The van der Waals surface area contributed by atoms with Gasteiger partial charge in [0.25, 0.3) is 0 Å². The molecule has 0 unspecified atom stereocenters. The SMILES string of the molecule is CSCC[CH2][Ir]([CH2]CCSC)[CH2]CCSC.CSCC[CH2][Ir]([CH2]CCSC)[CH2]CCSC. The maximum absolute atomic E-state index is 2.24. The Labute approximate surface area is 241 Å². The molecule has 0 aliphatic rings. The van der Waals surface area contributed by atoms with Crippen molar-refractivity contribution in [2.24, 2.45) is 0 Å². The molecule has 0 spiro atoms.